The van der Waals surface area contributed by atoms with Crippen LogP contribution in [0.3, 0.4) is 0 Å². The summed E-state index contributed by atoms with van der Waals surface area (Å²) in [5.74, 6) is 0.662. The molecule has 0 radical (unpaired) electrons. The van der Waals surface area contributed by atoms with Gasteiger partial charge in [-0.3, -0.25) is 4.90 Å². The highest BCUT2D eigenvalue weighted by atomic mass is 32.2. The molecule has 0 aliphatic carbocycles. The summed E-state index contributed by atoms with van der Waals surface area (Å²) in [6, 6.07) is 5.99. The summed E-state index contributed by atoms with van der Waals surface area (Å²) in [6.45, 7) is 1.44. The molecule has 1 saturated heterocycles. The summed E-state index contributed by atoms with van der Waals surface area (Å²) in [5.41, 5.74) is 0.760. The molecule has 0 N–H and O–H groups in total. The van der Waals surface area contributed by atoms with Crippen molar-refractivity contribution >= 4 is 22.1 Å². The highest BCUT2D eigenvalue weighted by molar-refractivity contribution is 7.91. The van der Waals surface area contributed by atoms with E-state index in [4.69, 9.17) is 17.0 Å². The molecule has 1 aliphatic rings. The van der Waals surface area contributed by atoms with E-state index in [1.54, 1.807) is 28.5 Å². The maximum atomic E-state index is 13.2. The normalized spacial score (nSPS) is 19.0. The minimum absolute atomic E-state index is 0.0803. The molecule has 7 nitrogen and oxygen atoms in total. The molecule has 10 heteroatoms. The van der Waals surface area contributed by atoms with Crippen LogP contribution in [0.25, 0.3) is 11.4 Å². The first-order valence-corrected chi connectivity index (χ1v) is 10.9. The fourth-order valence-electron chi connectivity index (χ4n) is 3.24. The van der Waals surface area contributed by atoms with E-state index in [1.807, 2.05) is 11.9 Å². The zero-order valence-electron chi connectivity index (χ0n) is 15.3. The van der Waals surface area contributed by atoms with Crippen LogP contribution in [0.4, 0.5) is 4.39 Å². The number of methoxy groups -OCH3 is 1. The largest absolute Gasteiger partial charge is 0.383 e. The van der Waals surface area contributed by atoms with Gasteiger partial charge in [0.1, 0.15) is 5.82 Å². The molecule has 0 bridgehead atoms. The number of benzene rings is 1. The minimum atomic E-state index is -3.00. The van der Waals surface area contributed by atoms with Crippen molar-refractivity contribution in [2.24, 2.45) is 7.05 Å². The van der Waals surface area contributed by atoms with Crippen molar-refractivity contribution < 1.29 is 17.5 Å². The van der Waals surface area contributed by atoms with Crippen molar-refractivity contribution in [3.8, 4) is 11.4 Å². The Labute approximate surface area is 163 Å². The fraction of sp³-hybridized carbons (Fsp3) is 0.529. The summed E-state index contributed by atoms with van der Waals surface area (Å²) in [7, 11) is 0.426. The summed E-state index contributed by atoms with van der Waals surface area (Å²) in [5, 5.41) is 4.59. The lowest BCUT2D eigenvalue weighted by Gasteiger charge is -2.27. The molecule has 0 saturated carbocycles. The van der Waals surface area contributed by atoms with Gasteiger partial charge in [0.25, 0.3) is 0 Å². The van der Waals surface area contributed by atoms with Gasteiger partial charge in [-0.2, -0.15) is 5.10 Å². The first-order chi connectivity index (χ1) is 12.8. The number of sulfone groups is 1. The standard InChI is InChI=1S/C17H23FN4O3S2/c1-20-16(13-3-5-14(18)6-4-13)19-22(17(20)26)12-21(8-9-25-2)15-7-10-27(23,24)11-15/h3-6,15H,7-12H2,1-2H3/t15-/m1/s1. The maximum absolute atomic E-state index is 13.2. The lowest BCUT2D eigenvalue weighted by molar-refractivity contribution is 0.0980. The average Bonchev–Trinajstić information content (AvgIpc) is 3.13. The van der Waals surface area contributed by atoms with Crippen LogP contribution >= 0.6 is 12.2 Å². The van der Waals surface area contributed by atoms with Gasteiger partial charge in [-0.15, -0.1) is 0 Å². The van der Waals surface area contributed by atoms with Crippen molar-refractivity contribution in [2.45, 2.75) is 19.1 Å². The Kier molecular flexibility index (Phi) is 6.09. The predicted octanol–water partition coefficient (Wildman–Crippen LogP) is 1.85. The highest BCUT2D eigenvalue weighted by Crippen LogP contribution is 2.21. The fourth-order valence-corrected chi connectivity index (χ4v) is 5.19. The van der Waals surface area contributed by atoms with Gasteiger partial charge >= 0.3 is 0 Å². The number of nitrogens with zero attached hydrogens (tertiary/aromatic N) is 4. The van der Waals surface area contributed by atoms with E-state index in [0.717, 1.165) is 5.56 Å². The maximum Gasteiger partial charge on any atom is 0.199 e. The van der Waals surface area contributed by atoms with E-state index in [9.17, 15) is 12.8 Å². The molecule has 0 unspecified atom stereocenters. The molecule has 3 rings (SSSR count). The third-order valence-corrected chi connectivity index (χ3v) is 7.00. The Hall–Kier alpha value is -1.62. The summed E-state index contributed by atoms with van der Waals surface area (Å²) < 4.78 is 46.1. The van der Waals surface area contributed by atoms with Crippen molar-refractivity contribution in [1.29, 1.82) is 0 Å². The van der Waals surface area contributed by atoms with Crippen molar-refractivity contribution in [3.05, 3.63) is 34.9 Å². The smallest absolute Gasteiger partial charge is 0.199 e. The molecule has 2 heterocycles. The molecule has 1 aromatic carbocycles. The van der Waals surface area contributed by atoms with Crippen molar-refractivity contribution in [2.75, 3.05) is 31.8 Å². The second-order valence-electron chi connectivity index (χ2n) is 6.68. The van der Waals surface area contributed by atoms with E-state index >= 15 is 0 Å². The van der Waals surface area contributed by atoms with Crippen molar-refractivity contribution in [3.63, 3.8) is 0 Å². The van der Waals surface area contributed by atoms with Crippen LogP contribution in [-0.4, -0.2) is 65.5 Å². The first kappa shape index (κ1) is 20.1. The second kappa shape index (κ2) is 8.17. The van der Waals surface area contributed by atoms with Gasteiger partial charge in [-0.25, -0.2) is 17.5 Å². The Morgan fingerprint density at radius 2 is 2.07 bits per heavy atom. The molecule has 2 aromatic rings. The van der Waals surface area contributed by atoms with Crippen LogP contribution in [0.2, 0.25) is 0 Å². The zero-order valence-corrected chi connectivity index (χ0v) is 17.0. The van der Waals surface area contributed by atoms with E-state index in [-0.39, 0.29) is 23.4 Å². The van der Waals surface area contributed by atoms with Crippen LogP contribution in [0, 0.1) is 10.6 Å². The number of hydrogen-bond donors (Lipinski definition) is 0. The molecule has 0 spiro atoms. The van der Waals surface area contributed by atoms with Gasteiger partial charge in [0, 0.05) is 32.3 Å². The molecule has 148 valence electrons. The SMILES string of the molecule is COCCN(Cn1nc(-c2ccc(F)cc2)n(C)c1=S)[C@@H]1CCS(=O)(=O)C1. The van der Waals surface area contributed by atoms with E-state index in [1.165, 1.54) is 12.1 Å². The zero-order chi connectivity index (χ0) is 19.6. The molecule has 27 heavy (non-hydrogen) atoms. The van der Waals surface area contributed by atoms with Gasteiger partial charge in [-0.1, -0.05) is 0 Å². The molecule has 1 atom stereocenters. The number of hydrogen-bond acceptors (Lipinski definition) is 6. The molecule has 0 amide bonds. The number of aromatic nitrogens is 3. The number of rotatable bonds is 7. The lowest BCUT2D eigenvalue weighted by atomic mass is 10.2. The van der Waals surface area contributed by atoms with Crippen LogP contribution < -0.4 is 0 Å². The van der Waals surface area contributed by atoms with Crippen LogP contribution in [0.1, 0.15) is 6.42 Å². The van der Waals surface area contributed by atoms with Gasteiger partial charge in [0.2, 0.25) is 0 Å². The molecule has 1 fully saturated rings. The minimum Gasteiger partial charge on any atom is -0.383 e. The van der Waals surface area contributed by atoms with Gasteiger partial charge in [0.05, 0.1) is 24.8 Å². The topological polar surface area (TPSA) is 69.4 Å². The van der Waals surface area contributed by atoms with Crippen LogP contribution in [-0.2, 0) is 28.3 Å². The van der Waals surface area contributed by atoms with E-state index in [0.29, 0.717) is 36.8 Å². The van der Waals surface area contributed by atoms with E-state index < -0.39 is 9.84 Å². The third kappa shape index (κ3) is 4.63. The molecule has 1 aromatic heterocycles. The van der Waals surface area contributed by atoms with Crippen molar-refractivity contribution in [1.82, 2.24) is 19.2 Å². The van der Waals surface area contributed by atoms with Gasteiger partial charge < -0.3 is 9.30 Å². The Bertz CT molecular complexity index is 954. The highest BCUT2D eigenvalue weighted by Gasteiger charge is 2.32. The van der Waals surface area contributed by atoms with Crippen LogP contribution in [0.15, 0.2) is 24.3 Å². The Balaban J connectivity index is 1.86. The Morgan fingerprint density at radius 1 is 1.37 bits per heavy atom. The summed E-state index contributed by atoms with van der Waals surface area (Å²) in [6.07, 6.45) is 0.594. The molecular weight excluding hydrogens is 391 g/mol. The quantitative estimate of drug-likeness (QED) is 0.644. The number of halogens is 1. The predicted molar refractivity (Wildman–Crippen MR) is 103 cm³/mol. The first-order valence-electron chi connectivity index (χ1n) is 8.64. The Morgan fingerprint density at radius 3 is 2.67 bits per heavy atom. The third-order valence-electron chi connectivity index (χ3n) is 4.77. The number of ether oxygens (including phenoxy) is 1. The summed E-state index contributed by atoms with van der Waals surface area (Å²) in [4.78, 5) is 2.05. The van der Waals surface area contributed by atoms with E-state index in [2.05, 4.69) is 5.10 Å². The average molecular weight is 415 g/mol. The second-order valence-corrected chi connectivity index (χ2v) is 9.27. The molecule has 1 aliphatic heterocycles. The molecular formula is C17H23FN4O3S2. The summed E-state index contributed by atoms with van der Waals surface area (Å²) >= 11 is 5.50. The van der Waals surface area contributed by atoms with Gasteiger partial charge in [-0.05, 0) is 42.9 Å². The van der Waals surface area contributed by atoms with Crippen LogP contribution in [0.5, 0.6) is 0 Å². The monoisotopic (exact) mass is 414 g/mol. The lowest BCUT2D eigenvalue weighted by Crippen LogP contribution is -2.40. The van der Waals surface area contributed by atoms with Gasteiger partial charge in [0.15, 0.2) is 20.4 Å².